The molecule has 0 atom stereocenters. The molecule has 0 aliphatic heterocycles. The summed E-state index contributed by atoms with van der Waals surface area (Å²) in [6.07, 6.45) is 1.48. The van der Waals surface area contributed by atoms with Crippen molar-refractivity contribution in [1.82, 2.24) is 9.97 Å². The largest absolute Gasteiger partial charge is 0.454 e. The number of aromatic nitrogens is 2. The van der Waals surface area contributed by atoms with Gasteiger partial charge in [0.2, 0.25) is 11.8 Å². The van der Waals surface area contributed by atoms with Crippen molar-refractivity contribution in [2.24, 2.45) is 0 Å². The zero-order valence-electron chi connectivity index (χ0n) is 13.8. The number of carbonyl (C=O) groups excluding carboxylic acids is 1. The van der Waals surface area contributed by atoms with Crippen molar-refractivity contribution >= 4 is 17.3 Å². The smallest absolute Gasteiger partial charge is 0.361 e. The number of hydrogen-bond acceptors (Lipinski definition) is 7. The highest BCUT2D eigenvalue weighted by Gasteiger charge is 2.20. The summed E-state index contributed by atoms with van der Waals surface area (Å²) in [5, 5.41) is 1.94. The summed E-state index contributed by atoms with van der Waals surface area (Å²) in [6, 6.07) is 13.2. The molecule has 0 N–H and O–H groups in total. The molecule has 0 radical (unpaired) electrons. The van der Waals surface area contributed by atoms with Crippen LogP contribution >= 0.6 is 11.3 Å². The minimum absolute atomic E-state index is 0.000674. The quantitative estimate of drug-likeness (QED) is 0.475. The Morgan fingerprint density at radius 1 is 1.12 bits per heavy atom. The Kier molecular flexibility index (Phi) is 4.37. The van der Waals surface area contributed by atoms with Gasteiger partial charge in [-0.15, -0.1) is 11.3 Å². The van der Waals surface area contributed by atoms with E-state index in [1.165, 1.54) is 17.6 Å². The normalized spacial score (nSPS) is 10.8. The van der Waals surface area contributed by atoms with Crippen LogP contribution < -0.4 is 0 Å². The van der Waals surface area contributed by atoms with Gasteiger partial charge in [-0.3, -0.25) is 0 Å². The number of aryl methyl sites for hydroxylation is 1. The minimum atomic E-state index is -0.561. The van der Waals surface area contributed by atoms with E-state index in [1.54, 1.807) is 6.92 Å². The fourth-order valence-corrected chi connectivity index (χ4v) is 3.04. The molecule has 0 spiro atoms. The Bertz CT molecular complexity index is 1020. The van der Waals surface area contributed by atoms with Crippen LogP contribution in [0, 0.1) is 6.92 Å². The average molecular weight is 366 g/mol. The molecular formula is C19H14N2O4S. The Balaban J connectivity index is 1.45. The molecule has 3 aromatic heterocycles. The molecule has 7 heteroatoms. The third-order valence-corrected chi connectivity index (χ3v) is 4.50. The first-order valence-electron chi connectivity index (χ1n) is 7.89. The molecule has 0 unspecified atom stereocenters. The van der Waals surface area contributed by atoms with Gasteiger partial charge < -0.3 is 13.6 Å². The molecule has 0 fully saturated rings. The van der Waals surface area contributed by atoms with Crippen LogP contribution in [-0.4, -0.2) is 15.9 Å². The summed E-state index contributed by atoms with van der Waals surface area (Å²) >= 11 is 1.53. The van der Waals surface area contributed by atoms with Crippen molar-refractivity contribution in [3.05, 3.63) is 71.3 Å². The lowest BCUT2D eigenvalue weighted by molar-refractivity contribution is 0.0459. The van der Waals surface area contributed by atoms with E-state index >= 15 is 0 Å². The molecule has 130 valence electrons. The number of nitrogens with zero attached hydrogens (tertiary/aromatic N) is 2. The molecule has 3 heterocycles. The monoisotopic (exact) mass is 366 g/mol. The van der Waals surface area contributed by atoms with Crippen LogP contribution in [0.5, 0.6) is 0 Å². The molecule has 4 rings (SSSR count). The molecular weight excluding hydrogens is 352 g/mol. The highest BCUT2D eigenvalue weighted by atomic mass is 32.1. The summed E-state index contributed by atoms with van der Waals surface area (Å²) in [4.78, 5) is 21.8. The number of rotatable bonds is 5. The topological polar surface area (TPSA) is 78.4 Å². The lowest BCUT2D eigenvalue weighted by atomic mass is 10.2. The lowest BCUT2D eigenvalue weighted by Gasteiger charge is -1.99. The number of hydrogen-bond donors (Lipinski definition) is 0. The third kappa shape index (κ3) is 3.29. The van der Waals surface area contributed by atoms with E-state index in [0.717, 1.165) is 10.4 Å². The highest BCUT2D eigenvalue weighted by Crippen LogP contribution is 2.24. The number of esters is 1. The molecule has 0 bridgehead atoms. The van der Waals surface area contributed by atoms with Crippen LogP contribution in [-0.2, 0) is 11.3 Å². The van der Waals surface area contributed by atoms with E-state index in [0.29, 0.717) is 23.2 Å². The van der Waals surface area contributed by atoms with E-state index < -0.39 is 5.97 Å². The van der Waals surface area contributed by atoms with Gasteiger partial charge in [-0.05, 0) is 30.5 Å². The molecule has 0 aliphatic rings. The summed E-state index contributed by atoms with van der Waals surface area (Å²) in [6.45, 7) is 1.68. The van der Waals surface area contributed by atoms with E-state index in [4.69, 9.17) is 13.6 Å². The number of thiophene rings is 1. The van der Waals surface area contributed by atoms with Gasteiger partial charge in [-0.25, -0.2) is 14.8 Å². The third-order valence-electron chi connectivity index (χ3n) is 3.65. The lowest BCUT2D eigenvalue weighted by Crippen LogP contribution is -2.07. The van der Waals surface area contributed by atoms with Crippen molar-refractivity contribution in [1.29, 1.82) is 0 Å². The number of oxazole rings is 2. The van der Waals surface area contributed by atoms with Gasteiger partial charge in [0.25, 0.3) is 0 Å². The molecule has 26 heavy (non-hydrogen) atoms. The summed E-state index contributed by atoms with van der Waals surface area (Å²) in [5.41, 5.74) is 1.49. The van der Waals surface area contributed by atoms with Gasteiger partial charge in [0.05, 0.1) is 4.88 Å². The van der Waals surface area contributed by atoms with Crippen molar-refractivity contribution in [3.8, 4) is 22.2 Å². The zero-order valence-corrected chi connectivity index (χ0v) is 14.7. The Labute approximate surface area is 153 Å². The van der Waals surface area contributed by atoms with E-state index in [1.807, 2.05) is 47.8 Å². The molecule has 4 aromatic rings. The van der Waals surface area contributed by atoms with E-state index in [9.17, 15) is 4.79 Å². The maximum Gasteiger partial charge on any atom is 0.361 e. The molecule has 6 nitrogen and oxygen atoms in total. The predicted molar refractivity (Wildman–Crippen MR) is 95.6 cm³/mol. The molecule has 0 aliphatic carbocycles. The zero-order chi connectivity index (χ0) is 17.9. The summed E-state index contributed by atoms with van der Waals surface area (Å²) < 4.78 is 16.3. The Morgan fingerprint density at radius 2 is 1.96 bits per heavy atom. The second-order valence-electron chi connectivity index (χ2n) is 5.49. The average Bonchev–Trinajstić information content (AvgIpc) is 3.40. The van der Waals surface area contributed by atoms with E-state index in [2.05, 4.69) is 9.97 Å². The van der Waals surface area contributed by atoms with Crippen LogP contribution in [0.1, 0.15) is 21.9 Å². The van der Waals surface area contributed by atoms with Gasteiger partial charge in [-0.1, -0.05) is 24.3 Å². The number of ether oxygens (including phenoxy) is 1. The van der Waals surface area contributed by atoms with Gasteiger partial charge >= 0.3 is 5.97 Å². The minimum Gasteiger partial charge on any atom is -0.454 e. The number of carbonyl (C=O) groups is 1. The SMILES string of the molecule is Cc1oc(-c2ccccc2)nc1C(=O)OCc1coc(-c2cccs2)n1. The number of benzene rings is 1. The first-order chi connectivity index (χ1) is 12.7. The Morgan fingerprint density at radius 3 is 2.73 bits per heavy atom. The molecule has 1 aromatic carbocycles. The summed E-state index contributed by atoms with van der Waals surface area (Å²) in [7, 11) is 0. The second kappa shape index (κ2) is 6.97. The Hall–Kier alpha value is -3.19. The fourth-order valence-electron chi connectivity index (χ4n) is 2.38. The van der Waals surface area contributed by atoms with Crippen LogP contribution in [0.25, 0.3) is 22.2 Å². The fraction of sp³-hybridized carbons (Fsp3) is 0.105. The predicted octanol–water partition coefficient (Wildman–Crippen LogP) is 4.72. The van der Waals surface area contributed by atoms with E-state index in [-0.39, 0.29) is 12.3 Å². The van der Waals surface area contributed by atoms with Crippen molar-refractivity contribution in [2.75, 3.05) is 0 Å². The van der Waals surface area contributed by atoms with Gasteiger partial charge in [0.15, 0.2) is 5.69 Å². The van der Waals surface area contributed by atoms with Crippen LogP contribution in [0.3, 0.4) is 0 Å². The molecule has 0 amide bonds. The molecule has 0 saturated heterocycles. The van der Waals surface area contributed by atoms with Gasteiger partial charge in [-0.2, -0.15) is 0 Å². The first-order valence-corrected chi connectivity index (χ1v) is 8.77. The van der Waals surface area contributed by atoms with Crippen molar-refractivity contribution < 1.29 is 18.4 Å². The maximum absolute atomic E-state index is 12.3. The highest BCUT2D eigenvalue weighted by molar-refractivity contribution is 7.13. The maximum atomic E-state index is 12.3. The van der Waals surface area contributed by atoms with Crippen LogP contribution in [0.4, 0.5) is 0 Å². The molecule has 0 saturated carbocycles. The van der Waals surface area contributed by atoms with Crippen molar-refractivity contribution in [2.45, 2.75) is 13.5 Å². The van der Waals surface area contributed by atoms with Gasteiger partial charge in [0, 0.05) is 5.56 Å². The standard InChI is InChI=1S/C19H14N2O4S/c1-12-16(21-17(25-12)13-6-3-2-4-7-13)19(22)24-11-14-10-23-18(20-14)15-8-5-9-26-15/h2-10H,11H2,1H3. The van der Waals surface area contributed by atoms with Crippen LogP contribution in [0.2, 0.25) is 0 Å². The summed E-state index contributed by atoms with van der Waals surface area (Å²) in [5.74, 6) is 0.744. The first kappa shape index (κ1) is 16.3. The van der Waals surface area contributed by atoms with Gasteiger partial charge in [0.1, 0.15) is 24.3 Å². The van der Waals surface area contributed by atoms with Crippen LogP contribution in [0.15, 0.2) is 62.9 Å². The van der Waals surface area contributed by atoms with Crippen molar-refractivity contribution in [3.63, 3.8) is 0 Å². The second-order valence-corrected chi connectivity index (χ2v) is 6.43.